The van der Waals surface area contributed by atoms with Crippen molar-refractivity contribution in [3.8, 4) is 0 Å². The lowest BCUT2D eigenvalue weighted by atomic mass is 9.87. The van der Waals surface area contributed by atoms with Gasteiger partial charge in [0.25, 0.3) is 0 Å². The van der Waals surface area contributed by atoms with Gasteiger partial charge in [-0.2, -0.15) is 0 Å². The van der Waals surface area contributed by atoms with E-state index in [4.69, 9.17) is 0 Å². The van der Waals surface area contributed by atoms with E-state index in [1.165, 1.54) is 12.8 Å². The third kappa shape index (κ3) is 5.09. The van der Waals surface area contributed by atoms with Crippen LogP contribution in [-0.4, -0.2) is 27.8 Å². The van der Waals surface area contributed by atoms with Crippen LogP contribution in [0.1, 0.15) is 53.4 Å². The lowest BCUT2D eigenvalue weighted by Crippen LogP contribution is -2.47. The lowest BCUT2D eigenvalue weighted by Gasteiger charge is -2.35. The Morgan fingerprint density at radius 2 is 2.06 bits per heavy atom. The first kappa shape index (κ1) is 15.2. The fourth-order valence-corrected chi connectivity index (χ4v) is 4.68. The van der Waals surface area contributed by atoms with Crippen molar-refractivity contribution >= 4 is 10.8 Å². The van der Waals surface area contributed by atoms with Gasteiger partial charge >= 0.3 is 0 Å². The van der Waals surface area contributed by atoms with E-state index in [-0.39, 0.29) is 0 Å². The quantitative estimate of drug-likeness (QED) is 0.794. The molecule has 0 saturated heterocycles. The molecular formula is C14H29NOS. The Morgan fingerprint density at radius 3 is 2.65 bits per heavy atom. The van der Waals surface area contributed by atoms with Crippen LogP contribution < -0.4 is 5.32 Å². The first-order chi connectivity index (χ1) is 8.04. The smallest absolute Gasteiger partial charge is 0.0503 e. The average molecular weight is 259 g/mol. The highest BCUT2D eigenvalue weighted by Gasteiger charge is 2.32. The fraction of sp³-hybridized carbons (Fsp3) is 1.00. The van der Waals surface area contributed by atoms with Crippen molar-refractivity contribution in [2.45, 2.75) is 64.7 Å². The summed E-state index contributed by atoms with van der Waals surface area (Å²) < 4.78 is 12.4. The normalized spacial score (nSPS) is 31.7. The summed E-state index contributed by atoms with van der Waals surface area (Å²) in [6, 6.07) is 0.491. The molecule has 0 aromatic rings. The molecule has 0 radical (unpaired) electrons. The zero-order chi connectivity index (χ0) is 12.8. The SMILES string of the molecule is CCCNC1CCC(C)CC1S(=O)CC(C)C. The van der Waals surface area contributed by atoms with Crippen LogP contribution in [0.15, 0.2) is 0 Å². The fourth-order valence-electron chi connectivity index (χ4n) is 2.63. The van der Waals surface area contributed by atoms with Gasteiger partial charge in [0.15, 0.2) is 0 Å². The van der Waals surface area contributed by atoms with Gasteiger partial charge in [-0.25, -0.2) is 0 Å². The molecule has 1 saturated carbocycles. The van der Waals surface area contributed by atoms with Crippen LogP contribution in [0.3, 0.4) is 0 Å². The standard InChI is InChI=1S/C14H29NOS/c1-5-8-15-13-7-6-12(4)9-14(13)17(16)10-11(2)3/h11-15H,5-10H2,1-4H3. The van der Waals surface area contributed by atoms with Crippen molar-refractivity contribution in [2.75, 3.05) is 12.3 Å². The van der Waals surface area contributed by atoms with Crippen molar-refractivity contribution in [2.24, 2.45) is 11.8 Å². The van der Waals surface area contributed by atoms with Crippen molar-refractivity contribution < 1.29 is 4.21 Å². The van der Waals surface area contributed by atoms with Gasteiger partial charge in [-0.15, -0.1) is 0 Å². The molecular weight excluding hydrogens is 230 g/mol. The predicted octanol–water partition coefficient (Wildman–Crippen LogP) is 2.95. The van der Waals surface area contributed by atoms with Crippen LogP contribution in [0.4, 0.5) is 0 Å². The molecule has 0 aromatic carbocycles. The molecule has 4 atom stereocenters. The molecule has 0 amide bonds. The van der Waals surface area contributed by atoms with Crippen molar-refractivity contribution in [1.82, 2.24) is 5.32 Å². The van der Waals surface area contributed by atoms with Gasteiger partial charge in [-0.05, 0) is 44.1 Å². The highest BCUT2D eigenvalue weighted by atomic mass is 32.2. The molecule has 2 nitrogen and oxygen atoms in total. The summed E-state index contributed by atoms with van der Waals surface area (Å²) in [6.45, 7) is 9.89. The lowest BCUT2D eigenvalue weighted by molar-refractivity contribution is 0.313. The molecule has 1 fully saturated rings. The van der Waals surface area contributed by atoms with Crippen LogP contribution >= 0.6 is 0 Å². The Hall–Kier alpha value is 0.110. The summed E-state index contributed by atoms with van der Waals surface area (Å²) in [5, 5.41) is 3.99. The van der Waals surface area contributed by atoms with E-state index in [1.807, 2.05) is 0 Å². The monoisotopic (exact) mass is 259 g/mol. The Bertz CT molecular complexity index is 240. The van der Waals surface area contributed by atoms with E-state index in [0.29, 0.717) is 17.2 Å². The average Bonchev–Trinajstić information content (AvgIpc) is 2.26. The number of hydrogen-bond acceptors (Lipinski definition) is 2. The Kier molecular flexibility index (Phi) is 6.71. The summed E-state index contributed by atoms with van der Waals surface area (Å²) >= 11 is 0. The summed E-state index contributed by atoms with van der Waals surface area (Å²) in [5.74, 6) is 2.15. The zero-order valence-corrected chi connectivity index (χ0v) is 12.7. The van der Waals surface area contributed by atoms with Gasteiger partial charge in [-0.1, -0.05) is 27.7 Å². The molecule has 0 aromatic heterocycles. The Balaban J connectivity index is 2.57. The highest BCUT2D eigenvalue weighted by molar-refractivity contribution is 7.85. The van der Waals surface area contributed by atoms with E-state index >= 15 is 0 Å². The molecule has 1 aliphatic rings. The molecule has 0 bridgehead atoms. The maximum Gasteiger partial charge on any atom is 0.0503 e. The van der Waals surface area contributed by atoms with Crippen molar-refractivity contribution in [1.29, 1.82) is 0 Å². The maximum absolute atomic E-state index is 12.4. The second-order valence-electron chi connectivity index (χ2n) is 5.96. The van der Waals surface area contributed by atoms with E-state index in [1.54, 1.807) is 0 Å². The molecule has 0 heterocycles. The van der Waals surface area contributed by atoms with E-state index in [0.717, 1.165) is 31.1 Å². The molecule has 4 unspecified atom stereocenters. The van der Waals surface area contributed by atoms with Crippen LogP contribution in [0.5, 0.6) is 0 Å². The van der Waals surface area contributed by atoms with Gasteiger partial charge < -0.3 is 5.32 Å². The summed E-state index contributed by atoms with van der Waals surface area (Å²) in [4.78, 5) is 0. The van der Waals surface area contributed by atoms with Gasteiger partial charge in [0, 0.05) is 22.6 Å². The first-order valence-corrected chi connectivity index (χ1v) is 8.53. The van der Waals surface area contributed by atoms with Crippen LogP contribution in [0, 0.1) is 11.8 Å². The topological polar surface area (TPSA) is 29.1 Å². The highest BCUT2D eigenvalue weighted by Crippen LogP contribution is 2.28. The van der Waals surface area contributed by atoms with Gasteiger partial charge in [-0.3, -0.25) is 4.21 Å². The minimum Gasteiger partial charge on any atom is -0.313 e. The van der Waals surface area contributed by atoms with Crippen LogP contribution in [-0.2, 0) is 10.8 Å². The van der Waals surface area contributed by atoms with Gasteiger partial charge in [0.05, 0.1) is 5.25 Å². The molecule has 0 aliphatic heterocycles. The molecule has 1 N–H and O–H groups in total. The Labute approximate surface area is 109 Å². The van der Waals surface area contributed by atoms with Crippen LogP contribution in [0.25, 0.3) is 0 Å². The molecule has 1 rings (SSSR count). The summed E-state index contributed by atoms with van der Waals surface area (Å²) in [7, 11) is -0.653. The molecule has 0 spiro atoms. The van der Waals surface area contributed by atoms with Crippen molar-refractivity contribution in [3.63, 3.8) is 0 Å². The minimum atomic E-state index is -0.653. The molecule has 1 aliphatic carbocycles. The third-order valence-corrected chi connectivity index (χ3v) is 5.74. The van der Waals surface area contributed by atoms with Gasteiger partial charge in [0.2, 0.25) is 0 Å². The second kappa shape index (κ2) is 7.52. The predicted molar refractivity (Wildman–Crippen MR) is 76.7 cm³/mol. The maximum atomic E-state index is 12.4. The van der Waals surface area contributed by atoms with E-state index in [2.05, 4.69) is 33.0 Å². The molecule has 3 heteroatoms. The molecule has 17 heavy (non-hydrogen) atoms. The van der Waals surface area contributed by atoms with Gasteiger partial charge in [0.1, 0.15) is 0 Å². The van der Waals surface area contributed by atoms with Crippen molar-refractivity contribution in [3.05, 3.63) is 0 Å². The van der Waals surface area contributed by atoms with E-state index in [9.17, 15) is 4.21 Å². The third-order valence-electron chi connectivity index (χ3n) is 3.55. The summed E-state index contributed by atoms with van der Waals surface area (Å²) in [5.41, 5.74) is 0. The zero-order valence-electron chi connectivity index (χ0n) is 11.9. The number of nitrogens with one attached hydrogen (secondary N) is 1. The Morgan fingerprint density at radius 1 is 1.35 bits per heavy atom. The van der Waals surface area contributed by atoms with E-state index < -0.39 is 10.8 Å². The minimum absolute atomic E-state index is 0.382. The first-order valence-electron chi connectivity index (χ1n) is 7.15. The summed E-state index contributed by atoms with van der Waals surface area (Å²) in [6.07, 6.45) is 4.79. The number of rotatable bonds is 6. The van der Waals surface area contributed by atoms with Crippen LogP contribution in [0.2, 0.25) is 0 Å². The molecule has 102 valence electrons. The number of hydrogen-bond donors (Lipinski definition) is 1. The second-order valence-corrected chi connectivity index (χ2v) is 7.66. The largest absolute Gasteiger partial charge is 0.313 e.